The first kappa shape index (κ1) is 24.8. The van der Waals surface area contributed by atoms with Gasteiger partial charge in [0.2, 0.25) is 11.7 Å². The van der Waals surface area contributed by atoms with Crippen molar-refractivity contribution in [2.45, 2.75) is 37.0 Å². The van der Waals surface area contributed by atoms with Crippen molar-refractivity contribution < 1.29 is 49.8 Å². The topological polar surface area (TPSA) is 225 Å². The normalized spacial score (nSPS) is 21.6. The largest absolute Gasteiger partial charge is 0.478 e. The van der Waals surface area contributed by atoms with Crippen molar-refractivity contribution in [2.75, 3.05) is 6.61 Å². The van der Waals surface area contributed by atoms with E-state index in [0.717, 1.165) is 6.08 Å². The van der Waals surface area contributed by atoms with Gasteiger partial charge in [0.15, 0.2) is 6.10 Å². The fourth-order valence-corrected chi connectivity index (χ4v) is 3.28. The summed E-state index contributed by atoms with van der Waals surface area (Å²) in [5, 5.41) is 67.6. The van der Waals surface area contributed by atoms with Crippen LogP contribution in [-0.2, 0) is 20.9 Å². The molecule has 0 aliphatic carbocycles. The molecule has 2 heterocycles. The van der Waals surface area contributed by atoms with Gasteiger partial charge in [0.05, 0.1) is 24.4 Å². The number of carbonyl (C=O) groups excluding carboxylic acids is 1. The minimum absolute atomic E-state index is 0.0898. The number of hydrogen-bond acceptors (Lipinski definition) is 10. The van der Waals surface area contributed by atoms with E-state index in [9.17, 15) is 29.7 Å². The zero-order valence-electron chi connectivity index (χ0n) is 17.4. The van der Waals surface area contributed by atoms with Crippen LogP contribution in [0.4, 0.5) is 0 Å². The molecule has 3 rings (SSSR count). The Kier molecular flexibility index (Phi) is 7.57. The molecule has 1 aromatic heterocycles. The molecule has 0 radical (unpaired) electrons. The maximum atomic E-state index is 12.6. The first-order valence-corrected chi connectivity index (χ1v) is 9.90. The molecule has 1 aromatic carbocycles. The van der Waals surface area contributed by atoms with Crippen LogP contribution in [0.5, 0.6) is 0 Å². The highest BCUT2D eigenvalue weighted by Gasteiger charge is 2.43. The Bertz CT molecular complexity index is 1080. The number of aliphatic hydroxyl groups is 4. The Hall–Kier alpha value is -3.85. The van der Waals surface area contributed by atoms with Crippen molar-refractivity contribution >= 4 is 17.8 Å². The van der Waals surface area contributed by atoms with Gasteiger partial charge in [0, 0.05) is 5.56 Å². The Morgan fingerprint density at radius 1 is 1.12 bits per heavy atom. The molecule has 0 spiro atoms. The molecule has 4 unspecified atom stereocenters. The monoisotopic (exact) mass is 478 g/mol. The zero-order chi connectivity index (χ0) is 25.0. The van der Waals surface area contributed by atoms with Crippen LogP contribution in [0, 0.1) is 0 Å². The van der Waals surface area contributed by atoms with Gasteiger partial charge in [-0.15, -0.1) is 5.10 Å². The van der Waals surface area contributed by atoms with E-state index in [1.807, 2.05) is 0 Å². The number of benzene rings is 1. The van der Waals surface area contributed by atoms with Crippen LogP contribution in [-0.4, -0.2) is 101 Å². The van der Waals surface area contributed by atoms with Crippen molar-refractivity contribution in [3.8, 4) is 11.3 Å². The average molecular weight is 478 g/mol. The number of hydrogen-bond donors (Lipinski definition) is 7. The van der Waals surface area contributed by atoms with Crippen molar-refractivity contribution in [3.63, 3.8) is 0 Å². The minimum atomic E-state index is -1.83. The van der Waals surface area contributed by atoms with Crippen LogP contribution in [0.15, 0.2) is 42.3 Å². The third-order valence-electron chi connectivity index (χ3n) is 5.04. The molecule has 7 N–H and O–H groups in total. The summed E-state index contributed by atoms with van der Waals surface area (Å²) in [6.45, 7) is -1.26. The highest BCUT2D eigenvalue weighted by molar-refractivity contribution is 5.88. The predicted octanol–water partition coefficient (Wildman–Crippen LogP) is -2.43. The molecule has 1 amide bonds. The summed E-state index contributed by atoms with van der Waals surface area (Å²) in [4.78, 5) is 34.7. The first-order valence-electron chi connectivity index (χ1n) is 9.90. The quantitative estimate of drug-likeness (QED) is 0.200. The number of ether oxygens (including phenoxy) is 1. The van der Waals surface area contributed by atoms with Crippen LogP contribution in [0.25, 0.3) is 11.3 Å². The highest BCUT2D eigenvalue weighted by atomic mass is 16.5. The zero-order valence-corrected chi connectivity index (χ0v) is 17.4. The van der Waals surface area contributed by atoms with Crippen molar-refractivity contribution in [2.24, 2.45) is 0 Å². The summed E-state index contributed by atoms with van der Waals surface area (Å²) < 4.78 is 6.31. The number of aromatic carboxylic acids is 1. The maximum absolute atomic E-state index is 12.6. The average Bonchev–Trinajstić information content (AvgIpc) is 3.27. The molecule has 1 aliphatic rings. The van der Waals surface area contributed by atoms with Crippen LogP contribution >= 0.6 is 0 Å². The number of aromatic nitrogens is 3. The van der Waals surface area contributed by atoms with Crippen LogP contribution in [0.3, 0.4) is 0 Å². The van der Waals surface area contributed by atoms with E-state index >= 15 is 0 Å². The lowest BCUT2D eigenvalue weighted by Crippen LogP contribution is -2.60. The summed E-state index contributed by atoms with van der Waals surface area (Å²) in [7, 11) is 0. The Morgan fingerprint density at radius 2 is 1.79 bits per heavy atom. The smallest absolute Gasteiger partial charge is 0.370 e. The van der Waals surface area contributed by atoms with Gasteiger partial charge in [-0.25, -0.2) is 14.3 Å². The van der Waals surface area contributed by atoms with E-state index in [4.69, 9.17) is 20.1 Å². The van der Waals surface area contributed by atoms with Gasteiger partial charge in [0.25, 0.3) is 0 Å². The Labute approximate surface area is 191 Å². The van der Waals surface area contributed by atoms with Gasteiger partial charge in [0.1, 0.15) is 30.6 Å². The van der Waals surface area contributed by atoms with E-state index in [0.29, 0.717) is 11.3 Å². The molecular weight excluding hydrogens is 456 g/mol. The fraction of sp³-hybridized carbons (Fsp3) is 0.350. The number of aliphatic carboxylic acids is 1. The van der Waals surface area contributed by atoms with E-state index in [1.165, 1.54) is 35.1 Å². The van der Waals surface area contributed by atoms with E-state index < -0.39 is 60.7 Å². The van der Waals surface area contributed by atoms with E-state index in [1.54, 1.807) is 0 Å². The summed E-state index contributed by atoms with van der Waals surface area (Å²) in [5.74, 6) is -4.03. The molecule has 182 valence electrons. The molecule has 1 aliphatic heterocycles. The Morgan fingerprint density at radius 3 is 2.38 bits per heavy atom. The maximum Gasteiger partial charge on any atom is 0.370 e. The summed E-state index contributed by atoms with van der Waals surface area (Å²) in [6, 6.07) is 4.47. The second kappa shape index (κ2) is 10.4. The first-order chi connectivity index (χ1) is 16.1. The van der Waals surface area contributed by atoms with Crippen LogP contribution in [0.1, 0.15) is 10.4 Å². The molecule has 0 fully saturated rings. The van der Waals surface area contributed by atoms with Gasteiger partial charge in [-0.3, -0.25) is 4.79 Å². The van der Waals surface area contributed by atoms with E-state index in [-0.39, 0.29) is 12.1 Å². The highest BCUT2D eigenvalue weighted by Crippen LogP contribution is 2.23. The van der Waals surface area contributed by atoms with Gasteiger partial charge in [-0.2, -0.15) is 0 Å². The SMILES string of the molecule is O=C(Cn1cc(-c2ccc(C(=O)O)cc2)nn1)NC1C(C(O)C(O)CO)OC(C(=O)O)=C[C@H]1O. The Balaban J connectivity index is 1.72. The third kappa shape index (κ3) is 5.55. The molecule has 0 saturated heterocycles. The number of carbonyl (C=O) groups is 3. The number of rotatable bonds is 9. The van der Waals surface area contributed by atoms with Gasteiger partial charge < -0.3 is 40.7 Å². The standard InChI is InChI=1S/C20H22N4O10/c25-8-13(27)17(29)18-16(12(26)5-14(34-18)20(32)33)21-15(28)7-24-6-11(22-23-24)9-1-3-10(4-2-9)19(30)31/h1-6,12-13,16-18,25-27,29H,7-8H2,(H,21,28)(H,30,31)(H,32,33)/t12-,13?,16?,17?,18?/m1/s1. The minimum Gasteiger partial charge on any atom is -0.478 e. The number of nitrogens with zero attached hydrogens (tertiary/aromatic N) is 3. The lowest BCUT2D eigenvalue weighted by Gasteiger charge is -2.38. The number of carboxylic acids is 2. The molecule has 14 nitrogen and oxygen atoms in total. The molecule has 2 aromatic rings. The number of carboxylic acid groups (broad SMARTS) is 2. The molecular formula is C20H22N4O10. The third-order valence-corrected chi connectivity index (χ3v) is 5.04. The van der Waals surface area contributed by atoms with Gasteiger partial charge in [-0.05, 0) is 18.2 Å². The molecule has 0 bridgehead atoms. The molecule has 0 saturated carbocycles. The molecule has 14 heteroatoms. The predicted molar refractivity (Wildman–Crippen MR) is 110 cm³/mol. The molecule has 34 heavy (non-hydrogen) atoms. The summed E-state index contributed by atoms with van der Waals surface area (Å²) >= 11 is 0. The van der Waals surface area contributed by atoms with Gasteiger partial charge in [-0.1, -0.05) is 17.3 Å². The lowest BCUT2D eigenvalue weighted by atomic mass is 9.94. The summed E-state index contributed by atoms with van der Waals surface area (Å²) in [6.07, 6.45) is -4.48. The second-order valence-corrected chi connectivity index (χ2v) is 7.43. The fourth-order valence-electron chi connectivity index (χ4n) is 3.28. The van der Waals surface area contributed by atoms with Crippen molar-refractivity contribution in [1.29, 1.82) is 0 Å². The lowest BCUT2D eigenvalue weighted by molar-refractivity contribution is -0.149. The second-order valence-electron chi connectivity index (χ2n) is 7.43. The van der Waals surface area contributed by atoms with Crippen molar-refractivity contribution in [3.05, 3.63) is 47.9 Å². The van der Waals surface area contributed by atoms with Crippen LogP contribution < -0.4 is 5.32 Å². The number of nitrogens with one attached hydrogen (secondary N) is 1. The molecule has 5 atom stereocenters. The van der Waals surface area contributed by atoms with E-state index in [2.05, 4.69) is 15.6 Å². The summed E-state index contributed by atoms with van der Waals surface area (Å²) in [5.41, 5.74) is 1.01. The van der Waals surface area contributed by atoms with Crippen LogP contribution in [0.2, 0.25) is 0 Å². The van der Waals surface area contributed by atoms with Crippen molar-refractivity contribution in [1.82, 2.24) is 20.3 Å². The number of aliphatic hydroxyl groups excluding tert-OH is 4. The number of amides is 1. The van der Waals surface area contributed by atoms with Gasteiger partial charge >= 0.3 is 11.9 Å².